The normalized spacial score (nSPS) is 17.1. The molecule has 0 aromatic heterocycles. The van der Waals surface area contributed by atoms with Crippen LogP contribution in [0, 0.1) is 5.82 Å². The molecule has 0 spiro atoms. The van der Waals surface area contributed by atoms with Crippen molar-refractivity contribution in [3.8, 4) is 5.75 Å². The topological polar surface area (TPSA) is 21.3 Å². The maximum Gasteiger partial charge on any atom is 0.143 e. The number of hydrogen-bond donors (Lipinski definition) is 1. The van der Waals surface area contributed by atoms with Crippen LogP contribution in [0.25, 0.3) is 0 Å². The Morgan fingerprint density at radius 3 is 2.65 bits per heavy atom. The maximum atomic E-state index is 14.4. The average molecular weight is 255 g/mol. The minimum Gasteiger partial charge on any atom is -0.495 e. The first-order valence-corrected chi connectivity index (χ1v) is 7.11. The first kappa shape index (κ1) is 12.7. The number of methoxy groups -OCH3 is 1. The molecule has 1 aliphatic rings. The highest BCUT2D eigenvalue weighted by Gasteiger charge is 2.22. The quantitative estimate of drug-likeness (QED) is 0.839. The number of thioether (sulfide) groups is 1. The summed E-state index contributed by atoms with van der Waals surface area (Å²) in [7, 11) is 1.58. The summed E-state index contributed by atoms with van der Waals surface area (Å²) >= 11 is 1.41. The van der Waals surface area contributed by atoms with E-state index < -0.39 is 0 Å². The molecule has 0 atom stereocenters. The molecule has 17 heavy (non-hydrogen) atoms. The lowest BCUT2D eigenvalue weighted by Gasteiger charge is -2.24. The molecular formula is C13H18FNOS. The Hall–Kier alpha value is -0.740. The Kier molecular flexibility index (Phi) is 4.29. The van der Waals surface area contributed by atoms with Crippen molar-refractivity contribution >= 4 is 11.8 Å². The largest absolute Gasteiger partial charge is 0.495 e. The number of benzene rings is 1. The zero-order valence-corrected chi connectivity index (χ0v) is 11.1. The fraction of sp³-hybridized carbons (Fsp3) is 0.538. The van der Waals surface area contributed by atoms with E-state index in [4.69, 9.17) is 4.74 Å². The van der Waals surface area contributed by atoms with Gasteiger partial charge in [0.1, 0.15) is 11.6 Å². The van der Waals surface area contributed by atoms with Gasteiger partial charge in [0.05, 0.1) is 12.0 Å². The highest BCUT2D eigenvalue weighted by Crippen LogP contribution is 2.37. The second-order valence-electron chi connectivity index (χ2n) is 4.23. The van der Waals surface area contributed by atoms with E-state index in [0.717, 1.165) is 31.5 Å². The van der Waals surface area contributed by atoms with Crippen LogP contribution in [0.2, 0.25) is 0 Å². The highest BCUT2D eigenvalue weighted by atomic mass is 32.2. The van der Waals surface area contributed by atoms with Gasteiger partial charge in [-0.1, -0.05) is 6.07 Å². The van der Waals surface area contributed by atoms with Crippen molar-refractivity contribution in [3.05, 3.63) is 23.5 Å². The summed E-state index contributed by atoms with van der Waals surface area (Å²) in [6.07, 6.45) is 3.90. The van der Waals surface area contributed by atoms with Crippen molar-refractivity contribution < 1.29 is 9.13 Å². The minimum atomic E-state index is -0.0937. The lowest BCUT2D eigenvalue weighted by atomic mass is 9.90. The van der Waals surface area contributed by atoms with E-state index in [9.17, 15) is 4.39 Å². The third-order valence-electron chi connectivity index (χ3n) is 3.29. The van der Waals surface area contributed by atoms with Crippen molar-refractivity contribution in [1.29, 1.82) is 0 Å². The number of ether oxygens (including phenoxy) is 1. The molecule has 0 aliphatic carbocycles. The molecule has 2 rings (SSSR count). The lowest BCUT2D eigenvalue weighted by Crippen LogP contribution is -2.27. The number of hydrogen-bond acceptors (Lipinski definition) is 3. The summed E-state index contributed by atoms with van der Waals surface area (Å²) in [6.45, 7) is 1.95. The van der Waals surface area contributed by atoms with Crippen molar-refractivity contribution in [2.24, 2.45) is 0 Å². The molecule has 4 heteroatoms. The molecular weight excluding hydrogens is 237 g/mol. The summed E-state index contributed by atoms with van der Waals surface area (Å²) in [5, 5.41) is 3.30. The Labute approximate surface area is 106 Å². The van der Waals surface area contributed by atoms with Crippen LogP contribution in [-0.4, -0.2) is 26.5 Å². The summed E-state index contributed by atoms with van der Waals surface area (Å²) in [5.74, 6) is 0.879. The first-order valence-electron chi connectivity index (χ1n) is 5.89. The van der Waals surface area contributed by atoms with Gasteiger partial charge in [-0.15, -0.1) is 11.8 Å². The Balaban J connectivity index is 2.34. The van der Waals surface area contributed by atoms with E-state index in [1.54, 1.807) is 7.11 Å². The molecule has 1 fully saturated rings. The van der Waals surface area contributed by atoms with Crippen LogP contribution in [0.5, 0.6) is 5.75 Å². The molecule has 1 saturated heterocycles. The van der Waals surface area contributed by atoms with Crippen molar-refractivity contribution in [3.63, 3.8) is 0 Å². The van der Waals surface area contributed by atoms with Gasteiger partial charge >= 0.3 is 0 Å². The average Bonchev–Trinajstić information content (AvgIpc) is 2.39. The van der Waals surface area contributed by atoms with Crippen molar-refractivity contribution in [2.75, 3.05) is 26.5 Å². The first-order chi connectivity index (χ1) is 8.27. The SMILES string of the molecule is COc1ccc(C2CCNCC2)c(F)c1SC. The van der Waals surface area contributed by atoms with E-state index in [0.29, 0.717) is 16.6 Å². The predicted molar refractivity (Wildman–Crippen MR) is 69.6 cm³/mol. The molecule has 1 aliphatic heterocycles. The third kappa shape index (κ3) is 2.58. The molecule has 1 aromatic carbocycles. The zero-order chi connectivity index (χ0) is 12.3. The van der Waals surface area contributed by atoms with E-state index >= 15 is 0 Å². The number of halogens is 1. The van der Waals surface area contributed by atoms with Gasteiger partial charge in [-0.25, -0.2) is 4.39 Å². The monoisotopic (exact) mass is 255 g/mol. The second-order valence-corrected chi connectivity index (χ2v) is 5.05. The van der Waals surface area contributed by atoms with Gasteiger partial charge in [0, 0.05) is 0 Å². The second kappa shape index (κ2) is 5.74. The van der Waals surface area contributed by atoms with Gasteiger partial charge in [0.2, 0.25) is 0 Å². The van der Waals surface area contributed by atoms with E-state index in [-0.39, 0.29) is 5.82 Å². The van der Waals surface area contributed by atoms with Gasteiger partial charge in [-0.05, 0) is 49.7 Å². The lowest BCUT2D eigenvalue weighted by molar-refractivity contribution is 0.391. The Morgan fingerprint density at radius 2 is 2.06 bits per heavy atom. The summed E-state index contributed by atoms with van der Waals surface area (Å²) in [6, 6.07) is 3.76. The fourth-order valence-corrected chi connectivity index (χ4v) is 3.00. The van der Waals surface area contributed by atoms with Crippen molar-refractivity contribution in [1.82, 2.24) is 5.32 Å². The molecule has 0 unspecified atom stereocenters. The van der Waals surface area contributed by atoms with Crippen LogP contribution in [0.3, 0.4) is 0 Å². The van der Waals surface area contributed by atoms with Gasteiger partial charge in [-0.3, -0.25) is 0 Å². The molecule has 0 bridgehead atoms. The van der Waals surface area contributed by atoms with E-state index in [1.807, 2.05) is 18.4 Å². The van der Waals surface area contributed by atoms with Crippen LogP contribution in [0.4, 0.5) is 4.39 Å². The fourth-order valence-electron chi connectivity index (χ4n) is 2.35. The molecule has 2 nitrogen and oxygen atoms in total. The molecule has 1 heterocycles. The summed E-state index contributed by atoms with van der Waals surface area (Å²) in [4.78, 5) is 0.628. The molecule has 0 saturated carbocycles. The van der Waals surface area contributed by atoms with Gasteiger partial charge in [0.15, 0.2) is 0 Å². The predicted octanol–water partition coefficient (Wildman–Crippen LogP) is 3.02. The Morgan fingerprint density at radius 1 is 1.35 bits per heavy atom. The molecule has 0 radical (unpaired) electrons. The standard InChI is InChI=1S/C13H18FNOS/c1-16-11-4-3-10(12(14)13(11)17-2)9-5-7-15-8-6-9/h3-4,9,15H,5-8H2,1-2H3. The maximum absolute atomic E-state index is 14.4. The van der Waals surface area contributed by atoms with Crippen LogP contribution in [0.15, 0.2) is 17.0 Å². The van der Waals surface area contributed by atoms with Crippen molar-refractivity contribution in [2.45, 2.75) is 23.7 Å². The Bertz CT molecular complexity index is 391. The summed E-state index contributed by atoms with van der Waals surface area (Å²) in [5.41, 5.74) is 0.844. The van der Waals surface area contributed by atoms with Gasteiger partial charge in [-0.2, -0.15) is 0 Å². The smallest absolute Gasteiger partial charge is 0.143 e. The minimum absolute atomic E-state index is 0.0937. The highest BCUT2D eigenvalue weighted by molar-refractivity contribution is 7.98. The zero-order valence-electron chi connectivity index (χ0n) is 10.3. The molecule has 1 aromatic rings. The number of nitrogens with one attached hydrogen (secondary N) is 1. The number of piperidine rings is 1. The van der Waals surface area contributed by atoms with Crippen LogP contribution < -0.4 is 10.1 Å². The van der Waals surface area contributed by atoms with E-state index in [1.165, 1.54) is 11.8 Å². The van der Waals surface area contributed by atoms with Gasteiger partial charge in [0.25, 0.3) is 0 Å². The number of rotatable bonds is 3. The molecule has 0 amide bonds. The molecule has 94 valence electrons. The summed E-state index contributed by atoms with van der Waals surface area (Å²) < 4.78 is 19.6. The van der Waals surface area contributed by atoms with E-state index in [2.05, 4.69) is 5.32 Å². The molecule has 1 N–H and O–H groups in total. The van der Waals surface area contributed by atoms with Crippen LogP contribution >= 0.6 is 11.8 Å². The van der Waals surface area contributed by atoms with Crippen LogP contribution in [0.1, 0.15) is 24.3 Å². The van der Waals surface area contributed by atoms with Gasteiger partial charge < -0.3 is 10.1 Å². The third-order valence-corrected chi connectivity index (χ3v) is 4.08. The van der Waals surface area contributed by atoms with Crippen LogP contribution in [-0.2, 0) is 0 Å².